The van der Waals surface area contributed by atoms with Gasteiger partial charge in [0.15, 0.2) is 5.82 Å². The van der Waals surface area contributed by atoms with E-state index in [-0.39, 0.29) is 0 Å². The largest absolute Gasteiger partial charge is 0.493 e. The first-order valence-corrected chi connectivity index (χ1v) is 10.3. The lowest BCUT2D eigenvalue weighted by Crippen LogP contribution is -1.87. The minimum absolute atomic E-state index is 0.415. The average molecular weight is 422 g/mol. The van der Waals surface area contributed by atoms with E-state index in [1.54, 1.807) is 6.20 Å². The van der Waals surface area contributed by atoms with Gasteiger partial charge in [0.05, 0.1) is 12.2 Å². The molecule has 0 saturated heterocycles. The second-order valence-corrected chi connectivity index (χ2v) is 7.63. The number of ether oxygens (including phenoxy) is 1. The number of aromatic nitrogens is 6. The number of hydrogen-bond donors (Lipinski definition) is 1. The van der Waals surface area contributed by atoms with Gasteiger partial charge in [-0.15, -0.1) is 0 Å². The minimum atomic E-state index is 0.415. The lowest BCUT2D eigenvalue weighted by Gasteiger charge is -2.05. The smallest absolute Gasteiger partial charge is 0.259 e. The molecule has 0 unspecified atom stereocenters. The normalized spacial score (nSPS) is 12.5. The molecule has 0 aliphatic carbocycles. The van der Waals surface area contributed by atoms with Crippen molar-refractivity contribution in [3.05, 3.63) is 72.3 Å². The summed E-state index contributed by atoms with van der Waals surface area (Å²) in [6.07, 6.45) is 4.49. The molecule has 0 saturated carbocycles. The standard InChI is InChI=1S/C24H18N6O2/c1-14-26-22(29-28-14)17-3-2-4-18(10-17)23-27-24(32-30-23)20-11-19(12-25-13-20)15-5-6-21-16(9-15)7-8-31-21/h2-6,9-13H,7-8H2,1H3,(H,26,28,29). The Bertz CT molecular complexity index is 1440. The van der Waals surface area contributed by atoms with Gasteiger partial charge in [0.1, 0.15) is 11.6 Å². The molecule has 8 heteroatoms. The Balaban J connectivity index is 1.31. The van der Waals surface area contributed by atoms with E-state index in [1.807, 2.05) is 55.6 Å². The summed E-state index contributed by atoms with van der Waals surface area (Å²) in [7, 11) is 0. The molecular formula is C24H18N6O2. The van der Waals surface area contributed by atoms with Crippen molar-refractivity contribution in [2.45, 2.75) is 13.3 Å². The van der Waals surface area contributed by atoms with E-state index in [0.29, 0.717) is 17.5 Å². The average Bonchev–Trinajstić information content (AvgIpc) is 3.59. The van der Waals surface area contributed by atoms with Gasteiger partial charge in [-0.3, -0.25) is 10.1 Å². The fraction of sp³-hybridized carbons (Fsp3) is 0.125. The quantitative estimate of drug-likeness (QED) is 0.455. The molecule has 32 heavy (non-hydrogen) atoms. The van der Waals surface area contributed by atoms with E-state index in [1.165, 1.54) is 5.56 Å². The molecule has 4 heterocycles. The molecule has 6 rings (SSSR count). The summed E-state index contributed by atoms with van der Waals surface area (Å²) in [4.78, 5) is 13.4. The zero-order chi connectivity index (χ0) is 21.5. The number of benzene rings is 2. The van der Waals surface area contributed by atoms with Gasteiger partial charge in [0.2, 0.25) is 5.82 Å². The summed E-state index contributed by atoms with van der Waals surface area (Å²) in [6, 6.07) is 16.0. The third-order valence-corrected chi connectivity index (χ3v) is 5.41. The van der Waals surface area contributed by atoms with E-state index in [4.69, 9.17) is 9.26 Å². The van der Waals surface area contributed by atoms with Crippen LogP contribution in [0.1, 0.15) is 11.4 Å². The van der Waals surface area contributed by atoms with Crippen molar-refractivity contribution in [1.29, 1.82) is 0 Å². The Labute approximate surface area is 183 Å². The van der Waals surface area contributed by atoms with E-state index in [2.05, 4.69) is 36.4 Å². The van der Waals surface area contributed by atoms with Crippen LogP contribution in [0.25, 0.3) is 45.4 Å². The van der Waals surface area contributed by atoms with Crippen molar-refractivity contribution in [1.82, 2.24) is 30.3 Å². The number of hydrogen-bond acceptors (Lipinski definition) is 7. The lowest BCUT2D eigenvalue weighted by atomic mass is 10.0. The van der Waals surface area contributed by atoms with Crippen molar-refractivity contribution in [2.75, 3.05) is 6.61 Å². The molecule has 0 atom stereocenters. The first-order valence-electron chi connectivity index (χ1n) is 10.3. The van der Waals surface area contributed by atoms with Crippen molar-refractivity contribution in [2.24, 2.45) is 0 Å². The van der Waals surface area contributed by atoms with Crippen molar-refractivity contribution in [3.8, 4) is 51.1 Å². The summed E-state index contributed by atoms with van der Waals surface area (Å²) in [6.45, 7) is 2.60. The summed E-state index contributed by atoms with van der Waals surface area (Å²) in [5.74, 6) is 3.26. The molecule has 3 aromatic heterocycles. The number of aromatic amines is 1. The van der Waals surface area contributed by atoms with Crippen LogP contribution in [-0.2, 0) is 6.42 Å². The highest BCUT2D eigenvalue weighted by Gasteiger charge is 2.16. The monoisotopic (exact) mass is 422 g/mol. The molecule has 0 amide bonds. The number of nitrogens with one attached hydrogen (secondary N) is 1. The predicted molar refractivity (Wildman–Crippen MR) is 118 cm³/mol. The molecule has 0 bridgehead atoms. The highest BCUT2D eigenvalue weighted by atomic mass is 16.5. The predicted octanol–water partition coefficient (Wildman–Crippen LogP) is 4.49. The number of nitrogens with zero attached hydrogens (tertiary/aromatic N) is 5. The third-order valence-electron chi connectivity index (χ3n) is 5.41. The first-order chi connectivity index (χ1) is 15.7. The zero-order valence-electron chi connectivity index (χ0n) is 17.2. The second-order valence-electron chi connectivity index (χ2n) is 7.63. The van der Waals surface area contributed by atoms with Gasteiger partial charge in [-0.1, -0.05) is 29.4 Å². The van der Waals surface area contributed by atoms with Crippen LogP contribution in [0.5, 0.6) is 5.75 Å². The number of fused-ring (bicyclic) bond motifs is 1. The first kappa shape index (κ1) is 18.4. The fourth-order valence-electron chi connectivity index (χ4n) is 3.81. The number of H-pyrrole nitrogens is 1. The van der Waals surface area contributed by atoms with Gasteiger partial charge in [-0.05, 0) is 42.3 Å². The van der Waals surface area contributed by atoms with Crippen LogP contribution in [0.3, 0.4) is 0 Å². The van der Waals surface area contributed by atoms with Crippen LogP contribution in [0.4, 0.5) is 0 Å². The van der Waals surface area contributed by atoms with Crippen molar-refractivity contribution < 1.29 is 9.26 Å². The third kappa shape index (κ3) is 3.31. The molecule has 0 fully saturated rings. The Kier molecular flexibility index (Phi) is 4.28. The van der Waals surface area contributed by atoms with Gasteiger partial charge < -0.3 is 9.26 Å². The van der Waals surface area contributed by atoms with Crippen molar-refractivity contribution in [3.63, 3.8) is 0 Å². The van der Waals surface area contributed by atoms with Crippen LogP contribution in [0.2, 0.25) is 0 Å². The Hall–Kier alpha value is -4.33. The molecular weight excluding hydrogens is 404 g/mol. The van der Waals surface area contributed by atoms with Crippen LogP contribution in [0, 0.1) is 6.92 Å². The van der Waals surface area contributed by atoms with Gasteiger partial charge in [0, 0.05) is 35.5 Å². The highest BCUT2D eigenvalue weighted by molar-refractivity contribution is 5.71. The molecule has 5 aromatic rings. The maximum Gasteiger partial charge on any atom is 0.259 e. The molecule has 1 aliphatic heterocycles. The summed E-state index contributed by atoms with van der Waals surface area (Å²) >= 11 is 0. The summed E-state index contributed by atoms with van der Waals surface area (Å²) in [5.41, 5.74) is 5.75. The van der Waals surface area contributed by atoms with Crippen LogP contribution in [-0.4, -0.2) is 36.9 Å². The Morgan fingerprint density at radius 1 is 0.844 bits per heavy atom. The number of rotatable bonds is 4. The van der Waals surface area contributed by atoms with E-state index >= 15 is 0 Å². The Morgan fingerprint density at radius 3 is 2.56 bits per heavy atom. The Morgan fingerprint density at radius 2 is 1.69 bits per heavy atom. The fourth-order valence-corrected chi connectivity index (χ4v) is 3.81. The van der Waals surface area contributed by atoms with Gasteiger partial charge in [-0.25, -0.2) is 4.98 Å². The van der Waals surface area contributed by atoms with Crippen LogP contribution >= 0.6 is 0 Å². The molecule has 0 radical (unpaired) electrons. The highest BCUT2D eigenvalue weighted by Crippen LogP contribution is 2.32. The van der Waals surface area contributed by atoms with Crippen LogP contribution in [0.15, 0.2) is 65.4 Å². The van der Waals surface area contributed by atoms with E-state index < -0.39 is 0 Å². The van der Waals surface area contributed by atoms with Gasteiger partial charge in [-0.2, -0.15) is 10.1 Å². The SMILES string of the molecule is Cc1nc(-c2cccc(-c3noc(-c4cncc(-c5ccc6c(c5)CCO6)c4)n3)c2)n[nH]1. The molecule has 8 nitrogen and oxygen atoms in total. The van der Waals surface area contributed by atoms with Gasteiger partial charge in [0.25, 0.3) is 5.89 Å². The maximum atomic E-state index is 5.61. The number of pyridine rings is 1. The van der Waals surface area contributed by atoms with Crippen LogP contribution < -0.4 is 4.74 Å². The molecule has 2 aromatic carbocycles. The zero-order valence-corrected chi connectivity index (χ0v) is 17.2. The number of aryl methyl sites for hydroxylation is 1. The summed E-state index contributed by atoms with van der Waals surface area (Å²) in [5, 5.41) is 11.3. The molecule has 156 valence electrons. The van der Waals surface area contributed by atoms with E-state index in [9.17, 15) is 0 Å². The molecule has 0 spiro atoms. The molecule has 1 aliphatic rings. The van der Waals surface area contributed by atoms with Crippen molar-refractivity contribution >= 4 is 0 Å². The minimum Gasteiger partial charge on any atom is -0.493 e. The summed E-state index contributed by atoms with van der Waals surface area (Å²) < 4.78 is 11.2. The second kappa shape index (κ2) is 7.42. The topological polar surface area (TPSA) is 103 Å². The maximum absolute atomic E-state index is 5.61. The lowest BCUT2D eigenvalue weighted by molar-refractivity contribution is 0.357. The van der Waals surface area contributed by atoms with Gasteiger partial charge >= 0.3 is 0 Å². The molecule has 1 N–H and O–H groups in total. The van der Waals surface area contributed by atoms with E-state index in [0.717, 1.165) is 52.4 Å².